The van der Waals surface area contributed by atoms with Crippen LogP contribution in [0.25, 0.3) is 21.8 Å². The fourth-order valence-corrected chi connectivity index (χ4v) is 4.02. The number of nitrogens with zero attached hydrogens (tertiary/aromatic N) is 3. The molecular formula is C25H17ClF3N5O. The quantitative estimate of drug-likeness (QED) is 0.327. The summed E-state index contributed by atoms with van der Waals surface area (Å²) in [4.78, 5) is 21.4. The van der Waals surface area contributed by atoms with Gasteiger partial charge in [-0.25, -0.2) is 0 Å². The first-order chi connectivity index (χ1) is 16.8. The van der Waals surface area contributed by atoms with Crippen molar-refractivity contribution >= 4 is 39.3 Å². The van der Waals surface area contributed by atoms with Gasteiger partial charge in [0, 0.05) is 47.4 Å². The number of H-pyrrole nitrogens is 1. The molecule has 5 aromatic rings. The average Bonchev–Trinajstić information content (AvgIpc) is 3.26. The van der Waals surface area contributed by atoms with Crippen LogP contribution in [-0.2, 0) is 19.1 Å². The van der Waals surface area contributed by atoms with Crippen LogP contribution >= 0.6 is 11.6 Å². The highest BCUT2D eigenvalue weighted by Crippen LogP contribution is 2.33. The van der Waals surface area contributed by atoms with Crippen molar-refractivity contribution in [1.29, 1.82) is 0 Å². The molecule has 0 aliphatic carbocycles. The zero-order chi connectivity index (χ0) is 24.6. The second-order valence-electron chi connectivity index (χ2n) is 8.02. The van der Waals surface area contributed by atoms with Gasteiger partial charge in [-0.1, -0.05) is 23.7 Å². The van der Waals surface area contributed by atoms with Gasteiger partial charge < -0.3 is 5.32 Å². The molecule has 2 aromatic carbocycles. The molecule has 3 heterocycles. The molecular weight excluding hydrogens is 479 g/mol. The highest BCUT2D eigenvalue weighted by Gasteiger charge is 2.35. The Hall–Kier alpha value is -3.98. The molecule has 0 radical (unpaired) electrons. The number of hydrogen-bond acceptors (Lipinski definition) is 4. The van der Waals surface area contributed by atoms with Crippen LogP contribution in [0, 0.1) is 0 Å². The second kappa shape index (κ2) is 8.99. The van der Waals surface area contributed by atoms with Crippen LogP contribution in [0.3, 0.4) is 0 Å². The van der Waals surface area contributed by atoms with E-state index in [2.05, 4.69) is 20.4 Å². The van der Waals surface area contributed by atoms with E-state index >= 15 is 0 Å². The Labute approximate surface area is 202 Å². The number of carbonyl (C=O) groups is 1. The van der Waals surface area contributed by atoms with E-state index in [1.807, 2.05) is 29.4 Å². The summed E-state index contributed by atoms with van der Waals surface area (Å²) in [5.74, 6) is -0.355. The fraction of sp³-hybridized carbons (Fsp3) is 0.120. The molecule has 0 bridgehead atoms. The Morgan fingerprint density at radius 3 is 2.60 bits per heavy atom. The molecule has 0 fully saturated rings. The van der Waals surface area contributed by atoms with Gasteiger partial charge in [0.1, 0.15) is 5.69 Å². The zero-order valence-corrected chi connectivity index (χ0v) is 18.8. The third-order valence-electron chi connectivity index (χ3n) is 5.53. The fourth-order valence-electron chi connectivity index (χ4n) is 3.86. The number of pyridine rings is 2. The van der Waals surface area contributed by atoms with Gasteiger partial charge in [-0.05, 0) is 53.6 Å². The minimum atomic E-state index is -4.54. The lowest BCUT2D eigenvalue weighted by Gasteiger charge is -2.08. The highest BCUT2D eigenvalue weighted by molar-refractivity contribution is 6.31. The monoisotopic (exact) mass is 495 g/mol. The molecule has 176 valence electrons. The van der Waals surface area contributed by atoms with Gasteiger partial charge in [0.15, 0.2) is 0 Å². The molecule has 10 heteroatoms. The normalized spacial score (nSPS) is 11.8. The minimum absolute atomic E-state index is 0.0395. The molecule has 2 N–H and O–H groups in total. The van der Waals surface area contributed by atoms with Gasteiger partial charge in [0.25, 0.3) is 5.91 Å². The summed E-state index contributed by atoms with van der Waals surface area (Å²) in [6, 6.07) is 15.4. The number of fused-ring (bicyclic) bond motifs is 2. The van der Waals surface area contributed by atoms with Gasteiger partial charge in [-0.2, -0.15) is 18.3 Å². The van der Waals surface area contributed by atoms with E-state index in [4.69, 9.17) is 11.6 Å². The maximum Gasteiger partial charge on any atom is 0.433 e. The van der Waals surface area contributed by atoms with E-state index in [9.17, 15) is 18.0 Å². The first-order valence-electron chi connectivity index (χ1n) is 10.6. The van der Waals surface area contributed by atoms with Crippen LogP contribution in [0.15, 0.2) is 67.0 Å². The summed E-state index contributed by atoms with van der Waals surface area (Å²) in [6.45, 7) is 0.0628. The first-order valence-corrected chi connectivity index (χ1v) is 11.0. The molecule has 0 atom stereocenters. The lowest BCUT2D eigenvalue weighted by atomic mass is 10.0. The molecule has 0 saturated heterocycles. The van der Waals surface area contributed by atoms with Crippen molar-refractivity contribution < 1.29 is 18.0 Å². The van der Waals surface area contributed by atoms with Crippen molar-refractivity contribution in [2.75, 3.05) is 0 Å². The number of hydrogen-bond donors (Lipinski definition) is 2. The Morgan fingerprint density at radius 2 is 1.77 bits per heavy atom. The molecule has 35 heavy (non-hydrogen) atoms. The van der Waals surface area contributed by atoms with Crippen molar-refractivity contribution in [3.8, 4) is 0 Å². The Bertz CT molecular complexity index is 1560. The van der Waals surface area contributed by atoms with Gasteiger partial charge in [-0.15, -0.1) is 0 Å². The number of rotatable bonds is 5. The largest absolute Gasteiger partial charge is 0.433 e. The zero-order valence-electron chi connectivity index (χ0n) is 18.0. The van der Waals surface area contributed by atoms with Crippen LogP contribution in [0.2, 0.25) is 5.02 Å². The topological polar surface area (TPSA) is 83.6 Å². The molecule has 0 aliphatic heterocycles. The van der Waals surface area contributed by atoms with Crippen molar-refractivity contribution in [3.05, 3.63) is 100 Å². The van der Waals surface area contributed by atoms with Gasteiger partial charge in [-0.3, -0.25) is 19.9 Å². The molecule has 0 spiro atoms. The number of alkyl halides is 3. The van der Waals surface area contributed by atoms with E-state index in [0.717, 1.165) is 16.5 Å². The molecule has 0 unspecified atom stereocenters. The van der Waals surface area contributed by atoms with Gasteiger partial charge >= 0.3 is 6.18 Å². The van der Waals surface area contributed by atoms with Crippen LogP contribution in [-0.4, -0.2) is 26.1 Å². The predicted molar refractivity (Wildman–Crippen MR) is 126 cm³/mol. The SMILES string of the molecule is O=C(NCc1ccc2n[nH]c(C(F)(F)F)c2c1)c1ccnc(Cc2ccc3ncc(Cl)cc3c2)c1. The predicted octanol–water partition coefficient (Wildman–Crippen LogP) is 5.70. The molecule has 5 rings (SSSR count). The highest BCUT2D eigenvalue weighted by atomic mass is 35.5. The van der Waals surface area contributed by atoms with Crippen LogP contribution in [0.5, 0.6) is 0 Å². The summed E-state index contributed by atoms with van der Waals surface area (Å²) in [5.41, 5.74) is 2.73. The Kier molecular flexibility index (Phi) is 5.86. The molecule has 3 aromatic heterocycles. The van der Waals surface area contributed by atoms with Crippen molar-refractivity contribution in [2.24, 2.45) is 0 Å². The van der Waals surface area contributed by atoms with Crippen molar-refractivity contribution in [2.45, 2.75) is 19.1 Å². The number of nitrogens with one attached hydrogen (secondary N) is 2. The first kappa shape index (κ1) is 22.8. The molecule has 0 aliphatic rings. The van der Waals surface area contributed by atoms with E-state index in [1.165, 1.54) is 12.1 Å². The lowest BCUT2D eigenvalue weighted by molar-refractivity contribution is -0.139. The summed E-state index contributed by atoms with van der Waals surface area (Å²) >= 11 is 6.04. The average molecular weight is 496 g/mol. The number of halogens is 4. The lowest BCUT2D eigenvalue weighted by Crippen LogP contribution is -2.23. The van der Waals surface area contributed by atoms with Crippen LogP contribution in [0.1, 0.15) is 32.9 Å². The summed E-state index contributed by atoms with van der Waals surface area (Å²) in [5, 5.41) is 9.88. The number of amides is 1. The standard InChI is InChI=1S/C25H17ClF3N5O/c26-18-10-17-7-14(1-3-21(17)31-13-18)8-19-11-16(5-6-30-19)24(35)32-12-15-2-4-22-20(9-15)23(34-33-22)25(27,28)29/h1-7,9-11,13H,8,12H2,(H,32,35)(H,33,34). The van der Waals surface area contributed by atoms with Crippen molar-refractivity contribution in [3.63, 3.8) is 0 Å². The molecule has 1 amide bonds. The van der Waals surface area contributed by atoms with Crippen molar-refractivity contribution in [1.82, 2.24) is 25.5 Å². The number of benzene rings is 2. The van der Waals surface area contributed by atoms with Gasteiger partial charge in [0.2, 0.25) is 0 Å². The number of aromatic amines is 1. The van der Waals surface area contributed by atoms with Crippen LogP contribution < -0.4 is 5.32 Å². The Balaban J connectivity index is 1.29. The number of aromatic nitrogens is 4. The summed E-state index contributed by atoms with van der Waals surface area (Å²) < 4.78 is 39.5. The third kappa shape index (κ3) is 4.95. The van der Waals surface area contributed by atoms with E-state index in [0.29, 0.717) is 28.3 Å². The maximum atomic E-state index is 13.2. The molecule has 0 saturated carbocycles. The maximum absolute atomic E-state index is 13.2. The Morgan fingerprint density at radius 1 is 0.971 bits per heavy atom. The van der Waals surface area contributed by atoms with Gasteiger partial charge in [0.05, 0.1) is 16.1 Å². The van der Waals surface area contributed by atoms with Crippen LogP contribution in [0.4, 0.5) is 13.2 Å². The smallest absolute Gasteiger partial charge is 0.348 e. The van der Waals surface area contributed by atoms with E-state index in [1.54, 1.807) is 30.6 Å². The number of carbonyl (C=O) groups excluding carboxylic acids is 1. The minimum Gasteiger partial charge on any atom is -0.348 e. The summed E-state index contributed by atoms with van der Waals surface area (Å²) in [6.07, 6.45) is -0.897. The molecule has 6 nitrogen and oxygen atoms in total. The third-order valence-corrected chi connectivity index (χ3v) is 5.74. The van der Waals surface area contributed by atoms with E-state index < -0.39 is 11.9 Å². The summed E-state index contributed by atoms with van der Waals surface area (Å²) in [7, 11) is 0. The second-order valence-corrected chi connectivity index (χ2v) is 8.46. The van der Waals surface area contributed by atoms with E-state index in [-0.39, 0.29) is 23.4 Å².